The van der Waals surface area contributed by atoms with Crippen LogP contribution in [0.25, 0.3) is 22.3 Å². The van der Waals surface area contributed by atoms with E-state index in [-0.39, 0.29) is 85.8 Å². The number of phenolic OH excluding ortho intramolecular Hbond substituents is 3. The van der Waals surface area contributed by atoms with Crippen molar-refractivity contribution in [3.8, 4) is 68.2 Å². The van der Waals surface area contributed by atoms with E-state index in [0.29, 0.717) is 35.3 Å². The van der Waals surface area contributed by atoms with E-state index in [1.807, 2.05) is 71.4 Å². The van der Waals surface area contributed by atoms with Gasteiger partial charge in [-0.05, 0) is 150 Å². The predicted molar refractivity (Wildman–Crippen MR) is 446 cm³/mol. The Bertz CT molecular complexity index is 5050. The van der Waals surface area contributed by atoms with E-state index in [1.165, 1.54) is 66.7 Å². The minimum atomic E-state index is -2.01. The fraction of sp³-hybridized carbons (Fsp3) is 0.438. The summed E-state index contributed by atoms with van der Waals surface area (Å²) in [6.07, 6.45) is -19.4. The number of quaternary nitrogens is 1. The molecule has 0 aromatic heterocycles. The fourth-order valence-electron chi connectivity index (χ4n) is 16.4. The first-order valence-corrected chi connectivity index (χ1v) is 41.3. The van der Waals surface area contributed by atoms with Crippen LogP contribution in [0, 0.1) is 29.1 Å². The second-order valence-electron chi connectivity index (χ2n) is 33.8. The van der Waals surface area contributed by atoms with Gasteiger partial charge in [-0.2, -0.15) is 0 Å². The highest BCUT2D eigenvalue weighted by molar-refractivity contribution is 6.32. The van der Waals surface area contributed by atoms with Gasteiger partial charge >= 0.3 is 0 Å². The number of amides is 4. The molecule has 17 unspecified atom stereocenters. The van der Waals surface area contributed by atoms with Gasteiger partial charge in [-0.1, -0.05) is 110 Å². The van der Waals surface area contributed by atoms with Gasteiger partial charge in [-0.25, -0.2) is 0 Å². The first-order valence-electron chi connectivity index (χ1n) is 40.2. The molecule has 0 aliphatic carbocycles. The molecule has 29 nitrogen and oxygen atoms in total. The first-order chi connectivity index (χ1) is 57.2. The largest absolute Gasteiger partial charge is 0.508 e. The number of carbonyl (C=O) groups excluding carboxylic acids is 7. The Kier molecular flexibility index (Phi) is 28.4. The van der Waals surface area contributed by atoms with Crippen LogP contribution in [0.1, 0.15) is 156 Å². The Morgan fingerprint density at radius 3 is 1.94 bits per heavy atom. The van der Waals surface area contributed by atoms with E-state index in [2.05, 4.69) is 21.3 Å². The number of Topliss-reactive ketones (excluding diaryl/α,β-unsaturated/α-hetero) is 3. The average molecular weight is 1730 g/mol. The lowest BCUT2D eigenvalue weighted by Gasteiger charge is -2.48. The lowest BCUT2D eigenvalue weighted by molar-refractivity contribution is -0.870. The quantitative estimate of drug-likeness (QED) is 0.0235. The standard InChI is InChI=1S/C89H102Cl3N7O22/c1-42(2)27-43(3)85(113)98-77-66(106)31-52(34-72(94)107)86(114)96-75-51-32-69(117-67-24-19-49(29-59(67)91)78(108)58-38-64(104)55(37-61(75)93)48-18-23-62(102)56(28-48)74-57(35-54(101)36-65(74)105)76(97-87(58)115)63(103)11-9-10-26-99(6,7)8)82(70(33-51)118-68-25-20-50(79(77)109)30-60(68)92)121-88-83(81(111)80(110)71(41-100)119-88)120-73-39-89(5,84(112)44(4)116-73)95-40-45-12-14-46(15-13-45)47-16-21-53(90)22-17-47/h12-25,28-30,32-33,35-36,42-44,52,55,58,71,73,75-81,83-84,88,93,95,100,108-112H,9-11,26-27,31,34,37-41H2,1-8H3,(H7-,94,96,97,98,101,102,105,107,113,114,115)/p+1/t43?,44?,52?,55?,58?,71?,73?,75?,76?,77?,78?,79-,80?,81?,83?,84?,88?,89?/m0/s1. The SMILES string of the molecule is CC(C)CC(C)C(=O)NC1C(=O)CC(CC(N)=O)C(=O)NC2C(=N)CC3C(=O)CC(C(=O)NC(C(=O)CCCC[N+](C)(C)C)c4cc(O)cc(O)c4-c4cc3ccc4O)C(O)c3ccc(c(Cl)c3)Oc3cc2cc(c3OC2OC(CO)C(O)C(O)C2OC2CC(C)(NCc3ccc(-c4ccc(Cl)cc4)cc3)C(O)C(C)O2)Oc2ccc(cc2Cl)[C@@H]1O. The third-order valence-corrected chi connectivity index (χ3v) is 23.8. The van der Waals surface area contributed by atoms with E-state index in [0.717, 1.165) is 28.8 Å². The van der Waals surface area contributed by atoms with Gasteiger partial charge in [-0.15, -0.1) is 0 Å². The van der Waals surface area contributed by atoms with Crippen molar-refractivity contribution in [2.24, 2.45) is 29.4 Å². The number of nitrogens with zero attached hydrogens (tertiary/aromatic N) is 1. The number of phenols is 3. The molecular formula is C89H103Cl3N7O22+. The molecule has 7 aromatic carbocycles. The first kappa shape index (κ1) is 90.6. The average Bonchev–Trinajstić information content (AvgIpc) is 0.765. The zero-order chi connectivity index (χ0) is 87.5. The normalized spacial score (nSPS) is 26.8. The minimum Gasteiger partial charge on any atom is -0.508 e. The summed E-state index contributed by atoms with van der Waals surface area (Å²) in [6.45, 7) is 8.66. The van der Waals surface area contributed by atoms with Gasteiger partial charge in [-0.3, -0.25) is 33.6 Å². The molecule has 646 valence electrons. The maximum atomic E-state index is 16.0. The molecule has 121 heavy (non-hydrogen) atoms. The summed E-state index contributed by atoms with van der Waals surface area (Å²) in [5, 5.41) is 130. The second kappa shape index (κ2) is 38.0. The maximum absolute atomic E-state index is 16.0. The van der Waals surface area contributed by atoms with Gasteiger partial charge in [0.15, 0.2) is 35.5 Å². The summed E-state index contributed by atoms with van der Waals surface area (Å²) in [6, 6.07) is 25.6. The molecule has 7 aliphatic heterocycles. The molecule has 7 aliphatic rings. The molecule has 32 heteroatoms. The Morgan fingerprint density at radius 1 is 0.702 bits per heavy atom. The molecule has 18 atom stereocenters. The van der Waals surface area contributed by atoms with E-state index in [9.17, 15) is 65.8 Å². The summed E-state index contributed by atoms with van der Waals surface area (Å²) in [4.78, 5) is 105. The molecular weight excluding hydrogens is 1630 g/mol. The maximum Gasteiger partial charge on any atom is 0.230 e. The zero-order valence-corrected chi connectivity index (χ0v) is 70.3. The van der Waals surface area contributed by atoms with Crippen molar-refractivity contribution in [3.05, 3.63) is 176 Å². The number of hydrogen-bond acceptors (Lipinski definition) is 24. The number of aliphatic hydroxyl groups is 6. The number of ether oxygens (including phenoxy) is 6. The van der Waals surface area contributed by atoms with Crippen LogP contribution < -0.4 is 41.2 Å². The molecule has 2 fully saturated rings. The number of nitrogens with one attached hydrogen (secondary N) is 5. The van der Waals surface area contributed by atoms with E-state index < -0.39 is 222 Å². The van der Waals surface area contributed by atoms with Crippen LogP contribution in [0.2, 0.25) is 15.1 Å². The summed E-state index contributed by atoms with van der Waals surface area (Å²) in [5.41, 5.74) is 5.72. The topological polar surface area (TPSA) is 455 Å². The lowest BCUT2D eigenvalue weighted by Crippen LogP contribution is -2.65. The molecule has 16 N–H and O–H groups in total. The Morgan fingerprint density at radius 2 is 1.33 bits per heavy atom. The molecule has 7 heterocycles. The smallest absolute Gasteiger partial charge is 0.230 e. The number of rotatable bonds is 21. The van der Waals surface area contributed by atoms with Crippen LogP contribution >= 0.6 is 34.8 Å². The van der Waals surface area contributed by atoms with Crippen LogP contribution in [0.3, 0.4) is 0 Å². The number of unbranched alkanes of at least 4 members (excludes halogenated alkanes) is 1. The number of aromatic hydroxyl groups is 3. The number of hydrogen-bond donors (Lipinski definition) is 15. The van der Waals surface area contributed by atoms with Crippen LogP contribution in [-0.2, 0) is 54.3 Å². The highest BCUT2D eigenvalue weighted by atomic mass is 35.5. The number of fused-ring (bicyclic) bond motifs is 15. The Labute approximate surface area is 714 Å². The van der Waals surface area contributed by atoms with Crippen LogP contribution in [0.15, 0.2) is 127 Å². The molecule has 0 radical (unpaired) electrons. The van der Waals surface area contributed by atoms with Crippen molar-refractivity contribution >= 4 is 81.5 Å². The molecule has 2 saturated heterocycles. The summed E-state index contributed by atoms with van der Waals surface area (Å²) >= 11 is 20.7. The van der Waals surface area contributed by atoms with Crippen molar-refractivity contribution in [2.45, 2.75) is 190 Å². The second-order valence-corrected chi connectivity index (χ2v) is 35.0. The molecule has 11 bridgehead atoms. The lowest BCUT2D eigenvalue weighted by atomic mass is 9.79. The van der Waals surface area contributed by atoms with Gasteiger partial charge in [0, 0.05) is 90.4 Å². The van der Waals surface area contributed by atoms with Gasteiger partial charge < -0.3 is 111 Å². The summed E-state index contributed by atoms with van der Waals surface area (Å²) in [5.74, 6) is -16.4. The number of benzene rings is 7. The van der Waals surface area contributed by atoms with E-state index in [1.54, 1.807) is 32.9 Å². The van der Waals surface area contributed by atoms with Crippen molar-refractivity contribution in [1.29, 1.82) is 5.41 Å². The molecule has 0 spiro atoms. The summed E-state index contributed by atoms with van der Waals surface area (Å²) in [7, 11) is 5.92. The van der Waals surface area contributed by atoms with Crippen molar-refractivity contribution in [1.82, 2.24) is 21.3 Å². The number of ketones is 3. The number of primary amides is 1. The predicted octanol–water partition coefficient (Wildman–Crippen LogP) is 10.2. The van der Waals surface area contributed by atoms with Crippen LogP contribution in [0.4, 0.5) is 0 Å². The number of nitrogens with two attached hydrogens (primary N) is 1. The van der Waals surface area contributed by atoms with E-state index >= 15 is 19.2 Å². The molecule has 14 rings (SSSR count). The third kappa shape index (κ3) is 21.0. The number of halogens is 3. The van der Waals surface area contributed by atoms with Gasteiger partial charge in [0.05, 0.1) is 80.5 Å². The van der Waals surface area contributed by atoms with E-state index in [4.69, 9.17) is 69.0 Å². The van der Waals surface area contributed by atoms with Crippen molar-refractivity contribution in [3.63, 3.8) is 0 Å². The van der Waals surface area contributed by atoms with Gasteiger partial charge in [0.1, 0.15) is 71.0 Å². The zero-order valence-electron chi connectivity index (χ0n) is 68.0. The molecule has 0 saturated carbocycles. The highest BCUT2D eigenvalue weighted by Crippen LogP contribution is 2.51. The van der Waals surface area contributed by atoms with Crippen LogP contribution in [0.5, 0.6) is 46.0 Å². The highest BCUT2D eigenvalue weighted by Gasteiger charge is 2.52. The van der Waals surface area contributed by atoms with Gasteiger partial charge in [0.25, 0.3) is 0 Å². The Hall–Kier alpha value is -9.67. The number of carbonyl (C=O) groups is 7. The third-order valence-electron chi connectivity index (χ3n) is 23.0. The fourth-order valence-corrected chi connectivity index (χ4v) is 16.9. The van der Waals surface area contributed by atoms with Gasteiger partial charge in [0.2, 0.25) is 35.7 Å². The summed E-state index contributed by atoms with van der Waals surface area (Å²) < 4.78 is 40.6. The molecule has 4 amide bonds. The minimum absolute atomic E-state index is 0.00921. The van der Waals surface area contributed by atoms with Crippen molar-refractivity contribution < 1.29 is 112 Å². The Balaban J connectivity index is 1.04. The number of aliphatic hydroxyl groups excluding tert-OH is 6. The molecule has 7 aromatic rings. The van der Waals surface area contributed by atoms with Crippen molar-refractivity contribution in [2.75, 3.05) is 34.3 Å². The monoisotopic (exact) mass is 1730 g/mol. The van der Waals surface area contributed by atoms with Crippen LogP contribution in [-0.4, -0.2) is 192 Å².